The Balaban J connectivity index is 2.21. The van der Waals surface area contributed by atoms with Gasteiger partial charge in [0.05, 0.1) is 13.7 Å². The lowest BCUT2D eigenvalue weighted by atomic mass is 9.97. The molecule has 0 fully saturated rings. The average Bonchev–Trinajstić information content (AvgIpc) is 2.39. The van der Waals surface area contributed by atoms with Gasteiger partial charge in [-0.05, 0) is 24.1 Å². The van der Waals surface area contributed by atoms with Gasteiger partial charge < -0.3 is 15.8 Å². The van der Waals surface area contributed by atoms with Crippen LogP contribution in [0.4, 0.5) is 5.69 Å². The molecular weight excluding hydrogens is 230 g/mol. The first-order valence-electron chi connectivity index (χ1n) is 6.03. The van der Waals surface area contributed by atoms with Gasteiger partial charge in [0.25, 0.3) is 0 Å². The molecule has 0 saturated heterocycles. The van der Waals surface area contributed by atoms with E-state index in [1.54, 1.807) is 14.2 Å². The zero-order valence-electron chi connectivity index (χ0n) is 10.8. The summed E-state index contributed by atoms with van der Waals surface area (Å²) in [5.41, 5.74) is 9.04. The van der Waals surface area contributed by atoms with Crippen molar-refractivity contribution in [3.63, 3.8) is 0 Å². The summed E-state index contributed by atoms with van der Waals surface area (Å²) in [6.45, 7) is 1.96. The van der Waals surface area contributed by atoms with E-state index in [2.05, 4.69) is 10.2 Å². The summed E-state index contributed by atoms with van der Waals surface area (Å²) in [6.07, 6.45) is 0.862. The van der Waals surface area contributed by atoms with E-state index in [1.165, 1.54) is 5.56 Å². The molecule has 0 radical (unpaired) electrons. The van der Waals surface area contributed by atoms with Gasteiger partial charge in [-0.25, -0.2) is 0 Å². The number of nitrogens with one attached hydrogen (secondary N) is 1. The Bertz CT molecular complexity index is 460. The molecule has 5 nitrogen and oxygen atoms in total. The first kappa shape index (κ1) is 12.7. The fraction of sp³-hybridized carbons (Fsp3) is 0.462. The van der Waals surface area contributed by atoms with Crippen molar-refractivity contribution in [3.8, 4) is 5.75 Å². The van der Waals surface area contributed by atoms with Crippen molar-refractivity contribution in [1.29, 1.82) is 0 Å². The van der Waals surface area contributed by atoms with Crippen molar-refractivity contribution < 1.29 is 9.53 Å². The first-order valence-corrected chi connectivity index (χ1v) is 6.03. The summed E-state index contributed by atoms with van der Waals surface area (Å²) in [5, 5.41) is 2.64. The van der Waals surface area contributed by atoms with Crippen LogP contribution in [0.5, 0.6) is 5.75 Å². The topological polar surface area (TPSA) is 67.6 Å². The van der Waals surface area contributed by atoms with Crippen LogP contribution in [0.3, 0.4) is 0 Å². The minimum absolute atomic E-state index is 0.0277. The highest BCUT2D eigenvalue weighted by Gasteiger charge is 2.22. The lowest BCUT2D eigenvalue weighted by molar-refractivity contribution is -0.121. The molecule has 0 spiro atoms. The zero-order chi connectivity index (χ0) is 13.1. The molecular formula is C13H19N3O2. The maximum atomic E-state index is 11.4. The Morgan fingerprint density at radius 2 is 2.28 bits per heavy atom. The van der Waals surface area contributed by atoms with Crippen molar-refractivity contribution in [3.05, 3.63) is 23.3 Å². The van der Waals surface area contributed by atoms with Crippen LogP contribution < -0.4 is 15.8 Å². The number of carbonyl (C=O) groups is 1. The van der Waals surface area contributed by atoms with Crippen LogP contribution in [0, 0.1) is 0 Å². The Hall–Kier alpha value is -1.75. The number of ether oxygens (including phenoxy) is 1. The summed E-state index contributed by atoms with van der Waals surface area (Å²) in [4.78, 5) is 13.5. The number of fused-ring (bicyclic) bond motifs is 1. The highest BCUT2D eigenvalue weighted by molar-refractivity contribution is 5.77. The van der Waals surface area contributed by atoms with Gasteiger partial charge in [0.2, 0.25) is 5.91 Å². The van der Waals surface area contributed by atoms with Gasteiger partial charge in [0.1, 0.15) is 5.75 Å². The summed E-state index contributed by atoms with van der Waals surface area (Å²) in [6, 6.07) is 3.77. The number of hydrogen-bond donors (Lipinski definition) is 2. The number of nitrogens with zero attached hydrogens (tertiary/aromatic N) is 1. The van der Waals surface area contributed by atoms with Crippen LogP contribution in [-0.2, 0) is 17.8 Å². The molecule has 3 N–H and O–H groups in total. The smallest absolute Gasteiger partial charge is 0.233 e. The normalized spacial score (nSPS) is 15.0. The summed E-state index contributed by atoms with van der Waals surface area (Å²) >= 11 is 0. The van der Waals surface area contributed by atoms with Gasteiger partial charge in [-0.1, -0.05) is 0 Å². The van der Waals surface area contributed by atoms with Crippen molar-refractivity contribution in [1.82, 2.24) is 10.2 Å². The second-order valence-corrected chi connectivity index (χ2v) is 4.45. The van der Waals surface area contributed by atoms with Crippen molar-refractivity contribution in [2.45, 2.75) is 13.0 Å². The van der Waals surface area contributed by atoms with E-state index in [0.717, 1.165) is 30.0 Å². The van der Waals surface area contributed by atoms with Gasteiger partial charge in [0, 0.05) is 31.4 Å². The highest BCUT2D eigenvalue weighted by atomic mass is 16.5. The summed E-state index contributed by atoms with van der Waals surface area (Å²) in [7, 11) is 3.32. The molecule has 0 atom stereocenters. The predicted octanol–water partition coefficient (Wildman–Crippen LogP) is 0.381. The third-order valence-corrected chi connectivity index (χ3v) is 3.35. The second kappa shape index (κ2) is 5.27. The van der Waals surface area contributed by atoms with Gasteiger partial charge >= 0.3 is 0 Å². The summed E-state index contributed by atoms with van der Waals surface area (Å²) in [5.74, 6) is 0.915. The van der Waals surface area contributed by atoms with Gasteiger partial charge in [-0.15, -0.1) is 0 Å². The zero-order valence-corrected chi connectivity index (χ0v) is 10.8. The SMILES string of the molecule is CNC(=O)CN1CCc2c(OC)ccc(N)c2C1. The molecule has 1 heterocycles. The van der Waals surface area contributed by atoms with Crippen LogP contribution >= 0.6 is 0 Å². The molecule has 0 saturated carbocycles. The standard InChI is InChI=1S/C13H19N3O2/c1-15-13(17)8-16-6-5-9-10(7-16)11(14)3-4-12(9)18-2/h3-4H,5-8,14H2,1-2H3,(H,15,17). The lowest BCUT2D eigenvalue weighted by Crippen LogP contribution is -2.39. The molecule has 2 rings (SSSR count). The van der Waals surface area contributed by atoms with E-state index >= 15 is 0 Å². The number of amides is 1. The summed E-state index contributed by atoms with van der Waals surface area (Å²) < 4.78 is 5.35. The largest absolute Gasteiger partial charge is 0.496 e. The van der Waals surface area contributed by atoms with E-state index in [0.29, 0.717) is 13.1 Å². The molecule has 1 aliphatic rings. The van der Waals surface area contributed by atoms with E-state index in [-0.39, 0.29) is 5.91 Å². The number of anilines is 1. The minimum Gasteiger partial charge on any atom is -0.496 e. The van der Waals surface area contributed by atoms with Crippen LogP contribution in [-0.4, -0.2) is 38.1 Å². The molecule has 5 heteroatoms. The number of carbonyl (C=O) groups excluding carboxylic acids is 1. The molecule has 0 unspecified atom stereocenters. The van der Waals surface area contributed by atoms with Gasteiger partial charge in [-0.3, -0.25) is 9.69 Å². The minimum atomic E-state index is 0.0277. The number of rotatable bonds is 3. The molecule has 0 aromatic heterocycles. The number of methoxy groups -OCH3 is 1. The fourth-order valence-corrected chi connectivity index (χ4v) is 2.33. The van der Waals surface area contributed by atoms with Crippen LogP contribution in [0.25, 0.3) is 0 Å². The van der Waals surface area contributed by atoms with E-state index < -0.39 is 0 Å². The number of nitrogens with two attached hydrogens (primary N) is 1. The molecule has 1 aromatic rings. The maximum Gasteiger partial charge on any atom is 0.233 e. The molecule has 98 valence electrons. The second-order valence-electron chi connectivity index (χ2n) is 4.45. The highest BCUT2D eigenvalue weighted by Crippen LogP contribution is 2.31. The van der Waals surface area contributed by atoms with Crippen molar-refractivity contribution in [2.24, 2.45) is 0 Å². The lowest BCUT2D eigenvalue weighted by Gasteiger charge is -2.29. The molecule has 0 bridgehead atoms. The Labute approximate surface area is 107 Å². The average molecular weight is 249 g/mol. The van der Waals surface area contributed by atoms with Gasteiger partial charge in [-0.2, -0.15) is 0 Å². The van der Waals surface area contributed by atoms with E-state index in [4.69, 9.17) is 10.5 Å². The maximum absolute atomic E-state index is 11.4. The Morgan fingerprint density at radius 1 is 1.50 bits per heavy atom. The third kappa shape index (κ3) is 2.41. The van der Waals surface area contributed by atoms with E-state index in [9.17, 15) is 4.79 Å². The van der Waals surface area contributed by atoms with Crippen LogP contribution in [0.2, 0.25) is 0 Å². The number of likely N-dealkylation sites (N-methyl/N-ethyl adjacent to an activating group) is 1. The van der Waals surface area contributed by atoms with E-state index in [1.807, 2.05) is 12.1 Å². The number of nitrogen functional groups attached to an aromatic ring is 1. The van der Waals surface area contributed by atoms with Crippen molar-refractivity contribution >= 4 is 11.6 Å². The first-order chi connectivity index (χ1) is 8.65. The molecule has 0 aliphatic carbocycles. The predicted molar refractivity (Wildman–Crippen MR) is 70.5 cm³/mol. The Kier molecular flexibility index (Phi) is 3.72. The van der Waals surface area contributed by atoms with Gasteiger partial charge in [0.15, 0.2) is 0 Å². The van der Waals surface area contributed by atoms with Crippen LogP contribution in [0.1, 0.15) is 11.1 Å². The molecule has 1 amide bonds. The molecule has 1 aromatic carbocycles. The quantitative estimate of drug-likeness (QED) is 0.760. The monoisotopic (exact) mass is 249 g/mol. The number of benzene rings is 1. The molecule has 18 heavy (non-hydrogen) atoms. The molecule has 1 aliphatic heterocycles. The van der Waals surface area contributed by atoms with Crippen LogP contribution in [0.15, 0.2) is 12.1 Å². The Morgan fingerprint density at radius 3 is 2.94 bits per heavy atom. The number of hydrogen-bond acceptors (Lipinski definition) is 4. The fourth-order valence-electron chi connectivity index (χ4n) is 2.33. The van der Waals surface area contributed by atoms with Crippen molar-refractivity contribution in [2.75, 3.05) is 33.0 Å². The third-order valence-electron chi connectivity index (χ3n) is 3.35.